The van der Waals surface area contributed by atoms with E-state index in [1.165, 1.54) is 23.9 Å². The van der Waals surface area contributed by atoms with Crippen molar-refractivity contribution in [2.45, 2.75) is 6.42 Å². The van der Waals surface area contributed by atoms with Gasteiger partial charge in [-0.15, -0.1) is 0 Å². The molecule has 1 aliphatic heterocycles. The third-order valence-corrected chi connectivity index (χ3v) is 4.18. The zero-order valence-electron chi connectivity index (χ0n) is 5.36. The number of hydrogen-bond acceptors (Lipinski definition) is 1. The molecule has 0 aromatic heterocycles. The number of halogens is 1. The zero-order valence-corrected chi connectivity index (χ0v) is 7.52. The monoisotopic (exact) mass is 226 g/mol. The summed E-state index contributed by atoms with van der Waals surface area (Å²) in [5.74, 6) is 0. The van der Waals surface area contributed by atoms with E-state index in [4.69, 9.17) is 0 Å². The van der Waals surface area contributed by atoms with E-state index in [0.717, 1.165) is 0 Å². The Kier molecular flexibility index (Phi) is 3.12. The van der Waals surface area contributed by atoms with Crippen LogP contribution in [-0.2, 0) is 0 Å². The molecule has 0 atom stereocenters. The average Bonchev–Trinajstić information content (AvgIpc) is 1.94. The van der Waals surface area contributed by atoms with Gasteiger partial charge in [0.25, 0.3) is 0 Å². The third kappa shape index (κ3) is 2.31. The molecule has 0 aromatic carbocycles. The van der Waals surface area contributed by atoms with Crippen LogP contribution in [0.3, 0.4) is 0 Å². The second kappa shape index (κ2) is 3.67. The van der Waals surface area contributed by atoms with Crippen molar-refractivity contribution in [3.8, 4) is 0 Å². The van der Waals surface area contributed by atoms with E-state index < -0.39 is 0 Å². The van der Waals surface area contributed by atoms with Crippen molar-refractivity contribution in [2.75, 3.05) is 29.0 Å². The molecule has 0 saturated carbocycles. The standard InChI is InChI=1S/C6H13IN/c1-8-5-2-3-7-4-6-8/h2-6H2,1H3/q-1. The van der Waals surface area contributed by atoms with Crippen molar-refractivity contribution in [1.82, 2.24) is 4.90 Å². The Morgan fingerprint density at radius 1 is 1.25 bits per heavy atom. The first-order valence-corrected chi connectivity index (χ1v) is 6.17. The van der Waals surface area contributed by atoms with Crippen molar-refractivity contribution in [2.24, 2.45) is 0 Å². The van der Waals surface area contributed by atoms with Crippen molar-refractivity contribution in [3.63, 3.8) is 0 Å². The topological polar surface area (TPSA) is 3.24 Å². The summed E-state index contributed by atoms with van der Waals surface area (Å²) < 4.78 is 3.08. The molecule has 50 valence electrons. The summed E-state index contributed by atoms with van der Waals surface area (Å²) >= 11 is 0.618. The predicted molar refractivity (Wildman–Crippen MR) is 31.8 cm³/mol. The van der Waals surface area contributed by atoms with Gasteiger partial charge in [-0.3, -0.25) is 0 Å². The molecule has 0 amide bonds. The summed E-state index contributed by atoms with van der Waals surface area (Å²) in [4.78, 5) is 2.45. The van der Waals surface area contributed by atoms with Crippen LogP contribution in [0.15, 0.2) is 0 Å². The third-order valence-electron chi connectivity index (χ3n) is 1.41. The molecule has 0 spiro atoms. The Hall–Kier alpha value is 0.690. The molecular weight excluding hydrogens is 213 g/mol. The SMILES string of the molecule is CN1CCC[I-]CC1. The normalized spacial score (nSPS) is 26.1. The van der Waals surface area contributed by atoms with Crippen LogP contribution in [0.4, 0.5) is 0 Å². The van der Waals surface area contributed by atoms with Gasteiger partial charge in [-0.25, -0.2) is 0 Å². The Morgan fingerprint density at radius 2 is 2.12 bits per heavy atom. The van der Waals surface area contributed by atoms with Gasteiger partial charge in [0.05, 0.1) is 0 Å². The van der Waals surface area contributed by atoms with Crippen LogP contribution in [0.25, 0.3) is 0 Å². The van der Waals surface area contributed by atoms with Crippen molar-refractivity contribution < 1.29 is 21.2 Å². The van der Waals surface area contributed by atoms with Gasteiger partial charge in [-0.05, 0) is 0 Å². The number of nitrogens with zero attached hydrogens (tertiary/aromatic N) is 1. The number of hydrogen-bond donors (Lipinski definition) is 0. The second-order valence-corrected chi connectivity index (χ2v) is 5.46. The zero-order chi connectivity index (χ0) is 5.82. The van der Waals surface area contributed by atoms with Crippen LogP contribution in [0.1, 0.15) is 6.42 Å². The molecular formula is C6H13IN-. The first-order valence-electron chi connectivity index (χ1n) is 3.11. The molecule has 0 bridgehead atoms. The number of alkyl halides is 2. The fourth-order valence-electron chi connectivity index (χ4n) is 0.835. The van der Waals surface area contributed by atoms with E-state index >= 15 is 0 Å². The van der Waals surface area contributed by atoms with Crippen molar-refractivity contribution >= 4 is 0 Å². The van der Waals surface area contributed by atoms with E-state index in [1.54, 1.807) is 4.43 Å². The summed E-state index contributed by atoms with van der Waals surface area (Å²) in [7, 11) is 2.23. The summed E-state index contributed by atoms with van der Waals surface area (Å²) in [6.45, 7) is 2.72. The van der Waals surface area contributed by atoms with E-state index in [0.29, 0.717) is 21.2 Å². The average molecular weight is 226 g/mol. The summed E-state index contributed by atoms with van der Waals surface area (Å²) in [6.07, 6.45) is 1.46. The molecule has 1 saturated heterocycles. The minimum atomic E-state index is 0.618. The van der Waals surface area contributed by atoms with Gasteiger partial charge in [0.2, 0.25) is 0 Å². The molecule has 0 aliphatic carbocycles. The van der Waals surface area contributed by atoms with Crippen LogP contribution >= 0.6 is 0 Å². The van der Waals surface area contributed by atoms with E-state index in [2.05, 4.69) is 11.9 Å². The molecule has 0 radical (unpaired) electrons. The second-order valence-electron chi connectivity index (χ2n) is 2.22. The molecule has 1 nitrogen and oxygen atoms in total. The molecule has 2 heteroatoms. The molecule has 1 rings (SSSR count). The first kappa shape index (κ1) is 6.81. The fraction of sp³-hybridized carbons (Fsp3) is 1.00. The first-order chi connectivity index (χ1) is 3.89. The molecule has 1 aliphatic rings. The van der Waals surface area contributed by atoms with Crippen LogP contribution in [-0.4, -0.2) is 33.9 Å². The van der Waals surface area contributed by atoms with Crippen molar-refractivity contribution in [3.05, 3.63) is 0 Å². The summed E-state index contributed by atoms with van der Waals surface area (Å²) in [6, 6.07) is 0. The molecule has 0 aromatic rings. The fourth-order valence-corrected chi connectivity index (χ4v) is 3.42. The summed E-state index contributed by atoms with van der Waals surface area (Å²) in [5.41, 5.74) is 0. The predicted octanol–water partition coefficient (Wildman–Crippen LogP) is -2.59. The van der Waals surface area contributed by atoms with Gasteiger partial charge in [0.1, 0.15) is 0 Å². The quantitative estimate of drug-likeness (QED) is 0.324. The maximum atomic E-state index is 2.45. The van der Waals surface area contributed by atoms with Gasteiger partial charge in [-0.1, -0.05) is 0 Å². The van der Waals surface area contributed by atoms with E-state index in [1.807, 2.05) is 0 Å². The Balaban J connectivity index is 2.17. The molecule has 1 heterocycles. The Labute approximate surface area is 61.7 Å². The Bertz CT molecular complexity index is 57.5. The number of rotatable bonds is 0. The molecule has 0 unspecified atom stereocenters. The van der Waals surface area contributed by atoms with E-state index in [9.17, 15) is 0 Å². The molecule has 1 fully saturated rings. The maximum absolute atomic E-state index is 2.45. The van der Waals surface area contributed by atoms with Gasteiger partial charge in [-0.2, -0.15) is 0 Å². The van der Waals surface area contributed by atoms with E-state index in [-0.39, 0.29) is 0 Å². The van der Waals surface area contributed by atoms with Crippen LogP contribution < -0.4 is 21.2 Å². The van der Waals surface area contributed by atoms with Crippen LogP contribution in [0.5, 0.6) is 0 Å². The summed E-state index contributed by atoms with van der Waals surface area (Å²) in [5, 5.41) is 0. The van der Waals surface area contributed by atoms with Crippen LogP contribution in [0.2, 0.25) is 0 Å². The Morgan fingerprint density at radius 3 is 3.00 bits per heavy atom. The van der Waals surface area contributed by atoms with Crippen molar-refractivity contribution in [1.29, 1.82) is 0 Å². The van der Waals surface area contributed by atoms with Gasteiger partial charge < -0.3 is 0 Å². The molecule has 8 heavy (non-hydrogen) atoms. The van der Waals surface area contributed by atoms with Gasteiger partial charge >= 0.3 is 61.5 Å². The van der Waals surface area contributed by atoms with Gasteiger partial charge in [0, 0.05) is 0 Å². The van der Waals surface area contributed by atoms with Crippen LogP contribution in [0, 0.1) is 0 Å². The molecule has 0 N–H and O–H groups in total. The minimum absolute atomic E-state index is 0.618. The van der Waals surface area contributed by atoms with Gasteiger partial charge in [0.15, 0.2) is 0 Å².